The average molecular weight is 337 g/mol. The van der Waals surface area contributed by atoms with Crippen molar-refractivity contribution in [2.45, 2.75) is 32.2 Å². The molecule has 0 radical (unpaired) electrons. The number of hydrogen-bond acceptors (Lipinski definition) is 3. The van der Waals surface area contributed by atoms with Crippen LogP contribution in [0.15, 0.2) is 42.5 Å². The van der Waals surface area contributed by atoms with Crippen LogP contribution in [0, 0.1) is 0 Å². The van der Waals surface area contributed by atoms with Crippen LogP contribution in [-0.2, 0) is 23.2 Å². The van der Waals surface area contributed by atoms with Crippen LogP contribution >= 0.6 is 0 Å². The van der Waals surface area contributed by atoms with Gasteiger partial charge in [0.2, 0.25) is 5.91 Å². The molecule has 0 N–H and O–H groups in total. The number of nitrogens with zero attached hydrogens (tertiary/aromatic N) is 1. The molecule has 1 amide bonds. The van der Waals surface area contributed by atoms with Gasteiger partial charge >= 0.3 is 0 Å². The van der Waals surface area contributed by atoms with Crippen LogP contribution in [0.25, 0.3) is 0 Å². The molecule has 0 bridgehead atoms. The van der Waals surface area contributed by atoms with Crippen molar-refractivity contribution in [1.82, 2.24) is 4.90 Å². The van der Waals surface area contributed by atoms with Crippen molar-refractivity contribution in [2.75, 3.05) is 19.8 Å². The summed E-state index contributed by atoms with van der Waals surface area (Å²) in [6.45, 7) is 6.55. The van der Waals surface area contributed by atoms with Crippen LogP contribution in [0.3, 0.4) is 0 Å². The first-order chi connectivity index (χ1) is 12.1. The Bertz CT molecular complexity index is 813. The van der Waals surface area contributed by atoms with Gasteiger partial charge in [-0.1, -0.05) is 30.3 Å². The lowest BCUT2D eigenvalue weighted by Crippen LogP contribution is -2.45. The van der Waals surface area contributed by atoms with Crippen LogP contribution in [0.4, 0.5) is 0 Å². The van der Waals surface area contributed by atoms with E-state index in [-0.39, 0.29) is 5.91 Å². The van der Waals surface area contributed by atoms with Gasteiger partial charge in [-0.2, -0.15) is 0 Å². The molecule has 0 atom stereocenters. The molecule has 25 heavy (non-hydrogen) atoms. The third kappa shape index (κ3) is 2.86. The molecule has 4 rings (SSSR count). The Morgan fingerprint density at radius 2 is 1.72 bits per heavy atom. The number of rotatable bonds is 2. The maximum atomic E-state index is 13.3. The summed E-state index contributed by atoms with van der Waals surface area (Å²) in [5, 5.41) is 0. The number of fused-ring (bicyclic) bond motifs is 2. The molecule has 2 heterocycles. The van der Waals surface area contributed by atoms with E-state index in [9.17, 15) is 4.79 Å². The van der Waals surface area contributed by atoms with E-state index in [4.69, 9.17) is 9.47 Å². The van der Waals surface area contributed by atoms with Gasteiger partial charge in [0.15, 0.2) is 11.5 Å². The van der Waals surface area contributed by atoms with Gasteiger partial charge in [0.25, 0.3) is 0 Å². The van der Waals surface area contributed by atoms with Crippen LogP contribution in [0.2, 0.25) is 0 Å². The van der Waals surface area contributed by atoms with Crippen molar-refractivity contribution in [1.29, 1.82) is 0 Å². The summed E-state index contributed by atoms with van der Waals surface area (Å²) < 4.78 is 11.3. The molecule has 0 spiro atoms. The minimum Gasteiger partial charge on any atom is -0.486 e. The van der Waals surface area contributed by atoms with E-state index in [1.165, 1.54) is 11.1 Å². The van der Waals surface area contributed by atoms with E-state index < -0.39 is 5.41 Å². The second kappa shape index (κ2) is 6.10. The first kappa shape index (κ1) is 16.0. The molecule has 0 fully saturated rings. The van der Waals surface area contributed by atoms with Crippen molar-refractivity contribution in [2.24, 2.45) is 0 Å². The SMILES string of the molecule is CC(C)(C(=O)N1CCc2ccccc2C1)c1ccc2c(c1)OCCO2. The molecule has 2 aromatic rings. The van der Waals surface area contributed by atoms with Crippen molar-refractivity contribution < 1.29 is 14.3 Å². The average Bonchev–Trinajstić information content (AvgIpc) is 2.66. The molecule has 2 aliphatic rings. The van der Waals surface area contributed by atoms with Gasteiger partial charge in [-0.05, 0) is 49.1 Å². The van der Waals surface area contributed by atoms with E-state index >= 15 is 0 Å². The summed E-state index contributed by atoms with van der Waals surface area (Å²) in [6.07, 6.45) is 0.916. The van der Waals surface area contributed by atoms with Gasteiger partial charge in [-0.15, -0.1) is 0 Å². The van der Waals surface area contributed by atoms with Crippen LogP contribution < -0.4 is 9.47 Å². The molecule has 0 unspecified atom stereocenters. The van der Waals surface area contributed by atoms with Crippen molar-refractivity contribution in [3.63, 3.8) is 0 Å². The molecule has 0 aromatic heterocycles. The lowest BCUT2D eigenvalue weighted by Gasteiger charge is -2.36. The lowest BCUT2D eigenvalue weighted by atomic mass is 9.82. The molecule has 4 nitrogen and oxygen atoms in total. The van der Waals surface area contributed by atoms with E-state index in [1.54, 1.807) is 0 Å². The fourth-order valence-electron chi connectivity index (χ4n) is 3.62. The van der Waals surface area contributed by atoms with E-state index in [0.717, 1.165) is 30.0 Å². The van der Waals surface area contributed by atoms with E-state index in [0.29, 0.717) is 19.8 Å². The zero-order valence-corrected chi connectivity index (χ0v) is 14.7. The summed E-state index contributed by atoms with van der Waals surface area (Å²) in [7, 11) is 0. The fraction of sp³-hybridized carbons (Fsp3) is 0.381. The first-order valence-electron chi connectivity index (χ1n) is 8.82. The molecule has 0 saturated carbocycles. The van der Waals surface area contributed by atoms with Crippen molar-refractivity contribution in [3.8, 4) is 11.5 Å². The summed E-state index contributed by atoms with van der Waals surface area (Å²) in [5.74, 6) is 1.64. The van der Waals surface area contributed by atoms with Crippen LogP contribution in [-0.4, -0.2) is 30.6 Å². The third-order valence-electron chi connectivity index (χ3n) is 5.22. The zero-order chi connectivity index (χ0) is 17.4. The molecule has 130 valence electrons. The molecule has 0 aliphatic carbocycles. The Morgan fingerprint density at radius 1 is 1.00 bits per heavy atom. The molecule has 2 aromatic carbocycles. The number of amides is 1. The Balaban J connectivity index is 1.59. The number of benzene rings is 2. The Labute approximate surface area is 148 Å². The van der Waals surface area contributed by atoms with Gasteiger partial charge in [-0.3, -0.25) is 4.79 Å². The summed E-state index contributed by atoms with van der Waals surface area (Å²) in [6, 6.07) is 14.2. The number of carbonyl (C=O) groups is 1. The zero-order valence-electron chi connectivity index (χ0n) is 14.7. The Hall–Kier alpha value is -2.49. The van der Waals surface area contributed by atoms with Gasteiger partial charge < -0.3 is 14.4 Å². The normalized spacial score (nSPS) is 16.3. The second-order valence-electron chi connectivity index (χ2n) is 7.23. The maximum absolute atomic E-state index is 13.3. The minimum absolute atomic E-state index is 0.152. The van der Waals surface area contributed by atoms with Gasteiger partial charge in [0.1, 0.15) is 13.2 Å². The first-order valence-corrected chi connectivity index (χ1v) is 8.82. The molecule has 0 saturated heterocycles. The van der Waals surface area contributed by atoms with E-state index in [2.05, 4.69) is 18.2 Å². The second-order valence-corrected chi connectivity index (χ2v) is 7.23. The topological polar surface area (TPSA) is 38.8 Å². The van der Waals surface area contributed by atoms with Gasteiger partial charge in [0, 0.05) is 13.1 Å². The maximum Gasteiger partial charge on any atom is 0.232 e. The summed E-state index contributed by atoms with van der Waals surface area (Å²) in [5.41, 5.74) is 2.95. The smallest absolute Gasteiger partial charge is 0.232 e. The molecular weight excluding hydrogens is 314 g/mol. The van der Waals surface area contributed by atoms with Crippen LogP contribution in [0.1, 0.15) is 30.5 Å². The summed E-state index contributed by atoms with van der Waals surface area (Å²) >= 11 is 0. The van der Waals surface area contributed by atoms with Gasteiger partial charge in [0.05, 0.1) is 5.41 Å². The number of hydrogen-bond donors (Lipinski definition) is 0. The molecule has 2 aliphatic heterocycles. The Kier molecular flexibility index (Phi) is 3.91. The van der Waals surface area contributed by atoms with Gasteiger partial charge in [-0.25, -0.2) is 0 Å². The highest BCUT2D eigenvalue weighted by Crippen LogP contribution is 2.36. The third-order valence-corrected chi connectivity index (χ3v) is 5.22. The molecule has 4 heteroatoms. The standard InChI is InChI=1S/C21H23NO3/c1-21(2,17-7-8-18-19(13-17)25-12-11-24-18)20(23)22-10-9-15-5-3-4-6-16(15)14-22/h3-8,13H,9-12,14H2,1-2H3. The van der Waals surface area contributed by atoms with Crippen molar-refractivity contribution >= 4 is 5.91 Å². The number of ether oxygens (including phenoxy) is 2. The minimum atomic E-state index is -0.609. The lowest BCUT2D eigenvalue weighted by molar-refractivity contribution is -0.137. The quantitative estimate of drug-likeness (QED) is 0.844. The molecular formula is C21H23NO3. The van der Waals surface area contributed by atoms with E-state index in [1.807, 2.05) is 43.0 Å². The predicted octanol–water partition coefficient (Wildman–Crippen LogP) is 3.32. The fourth-order valence-corrected chi connectivity index (χ4v) is 3.62. The Morgan fingerprint density at radius 3 is 2.52 bits per heavy atom. The van der Waals surface area contributed by atoms with Crippen LogP contribution in [0.5, 0.6) is 11.5 Å². The van der Waals surface area contributed by atoms with Crippen molar-refractivity contribution in [3.05, 3.63) is 59.2 Å². The predicted molar refractivity (Wildman–Crippen MR) is 96.0 cm³/mol. The largest absolute Gasteiger partial charge is 0.486 e. The highest BCUT2D eigenvalue weighted by molar-refractivity contribution is 5.87. The highest BCUT2D eigenvalue weighted by Gasteiger charge is 2.35. The summed E-state index contributed by atoms with van der Waals surface area (Å²) in [4.78, 5) is 15.2. The monoisotopic (exact) mass is 337 g/mol. The number of carbonyl (C=O) groups excluding carboxylic acids is 1. The highest BCUT2D eigenvalue weighted by atomic mass is 16.6.